The molecule has 0 fully saturated rings. The molecule has 0 spiro atoms. The molecule has 0 saturated heterocycles. The van der Waals surface area contributed by atoms with E-state index in [9.17, 15) is 14.4 Å². The lowest BCUT2D eigenvalue weighted by Crippen LogP contribution is -2.30. The van der Waals surface area contributed by atoms with E-state index in [-0.39, 0.29) is 31.1 Å². The van der Waals surface area contributed by atoms with Crippen LogP contribution >= 0.6 is 0 Å². The highest BCUT2D eigenvalue weighted by atomic mass is 16.6. The molecule has 6 nitrogen and oxygen atoms in total. The number of hydrogen-bond donors (Lipinski definition) is 0. The molecule has 0 N–H and O–H groups in total. The van der Waals surface area contributed by atoms with Gasteiger partial charge in [-0.25, -0.2) is 0 Å². The first-order chi connectivity index (χ1) is 30.0. The number of allylic oxidation sites excluding steroid dienone is 12. The molecule has 0 heterocycles. The molecule has 0 bridgehead atoms. The van der Waals surface area contributed by atoms with Crippen LogP contribution in [0.25, 0.3) is 0 Å². The average molecular weight is 851 g/mol. The molecular weight excluding hydrogens is 757 g/mol. The molecule has 1 atom stereocenters. The minimum absolute atomic E-state index is 0.0956. The van der Waals surface area contributed by atoms with Crippen molar-refractivity contribution >= 4 is 17.9 Å². The number of ether oxygens (including phenoxy) is 3. The Morgan fingerprint density at radius 3 is 0.984 bits per heavy atom. The summed E-state index contributed by atoms with van der Waals surface area (Å²) in [6.45, 7) is 6.52. The topological polar surface area (TPSA) is 78.9 Å². The van der Waals surface area contributed by atoms with E-state index in [4.69, 9.17) is 14.2 Å². The van der Waals surface area contributed by atoms with Gasteiger partial charge in [0.25, 0.3) is 0 Å². The monoisotopic (exact) mass is 851 g/mol. The molecular formula is C55H94O6. The van der Waals surface area contributed by atoms with Crippen LogP contribution in [0, 0.1) is 0 Å². The van der Waals surface area contributed by atoms with E-state index in [1.165, 1.54) is 103 Å². The summed E-state index contributed by atoms with van der Waals surface area (Å²) in [6.07, 6.45) is 61.7. The van der Waals surface area contributed by atoms with E-state index in [0.29, 0.717) is 19.3 Å². The van der Waals surface area contributed by atoms with Crippen LogP contribution in [0.4, 0.5) is 0 Å². The molecule has 0 rings (SSSR count). The van der Waals surface area contributed by atoms with E-state index in [2.05, 4.69) is 93.7 Å². The molecule has 0 aliphatic carbocycles. The smallest absolute Gasteiger partial charge is 0.306 e. The standard InChI is InChI=1S/C55H94O6/c1-4-7-10-13-16-19-22-24-26-27-29-31-34-37-40-43-46-49-55(58)61-52(50-59-53(56)47-44-41-38-35-32-21-18-15-12-9-6-3)51-60-54(57)48-45-42-39-36-33-30-28-25-23-20-17-14-11-8-5-2/h16-17,19-20,24-26,28-29,31,33,36,52H,4-15,18,21-23,27,30,32,34-35,37-51H2,1-3H3/b19-16-,20-17-,26-24-,28-25-,31-29-,36-33-/t52-/m0/s1. The van der Waals surface area contributed by atoms with Crippen molar-refractivity contribution in [3.63, 3.8) is 0 Å². The molecule has 0 aromatic rings. The molecule has 350 valence electrons. The lowest BCUT2D eigenvalue weighted by atomic mass is 10.1. The summed E-state index contributed by atoms with van der Waals surface area (Å²) in [7, 11) is 0. The maximum absolute atomic E-state index is 12.8. The van der Waals surface area contributed by atoms with Gasteiger partial charge in [0.2, 0.25) is 0 Å². The molecule has 0 aromatic heterocycles. The maximum atomic E-state index is 12.8. The minimum Gasteiger partial charge on any atom is -0.462 e. The van der Waals surface area contributed by atoms with Crippen LogP contribution in [-0.2, 0) is 28.6 Å². The van der Waals surface area contributed by atoms with Crippen LogP contribution in [0.15, 0.2) is 72.9 Å². The normalized spacial score (nSPS) is 12.6. The van der Waals surface area contributed by atoms with E-state index >= 15 is 0 Å². The Labute approximate surface area is 376 Å². The summed E-state index contributed by atoms with van der Waals surface area (Å²) in [6, 6.07) is 0. The Hall–Kier alpha value is -3.15. The number of unbranched alkanes of at least 4 members (excludes halogenated alkanes) is 22. The van der Waals surface area contributed by atoms with Crippen LogP contribution in [0.1, 0.15) is 239 Å². The third-order valence-electron chi connectivity index (χ3n) is 10.7. The fourth-order valence-corrected chi connectivity index (χ4v) is 6.81. The van der Waals surface area contributed by atoms with Crippen molar-refractivity contribution in [2.45, 2.75) is 245 Å². The van der Waals surface area contributed by atoms with Gasteiger partial charge in [-0.05, 0) is 96.3 Å². The number of esters is 3. The molecule has 0 aromatic carbocycles. The largest absolute Gasteiger partial charge is 0.462 e. The van der Waals surface area contributed by atoms with Crippen molar-refractivity contribution in [3.8, 4) is 0 Å². The molecule has 6 heteroatoms. The second-order valence-electron chi connectivity index (χ2n) is 16.7. The maximum Gasteiger partial charge on any atom is 0.306 e. The first-order valence-electron chi connectivity index (χ1n) is 25.4. The van der Waals surface area contributed by atoms with Crippen LogP contribution in [0.5, 0.6) is 0 Å². The van der Waals surface area contributed by atoms with Gasteiger partial charge in [0.1, 0.15) is 13.2 Å². The van der Waals surface area contributed by atoms with Gasteiger partial charge in [-0.3, -0.25) is 14.4 Å². The zero-order valence-corrected chi connectivity index (χ0v) is 39.9. The van der Waals surface area contributed by atoms with Crippen molar-refractivity contribution in [2.75, 3.05) is 13.2 Å². The Bertz CT molecular complexity index is 1160. The average Bonchev–Trinajstić information content (AvgIpc) is 3.26. The summed E-state index contributed by atoms with van der Waals surface area (Å²) >= 11 is 0. The van der Waals surface area contributed by atoms with E-state index in [1.54, 1.807) is 0 Å². The number of carbonyl (C=O) groups is 3. The predicted octanol–water partition coefficient (Wildman–Crippen LogP) is 16.6. The predicted molar refractivity (Wildman–Crippen MR) is 261 cm³/mol. The van der Waals surface area contributed by atoms with Crippen molar-refractivity contribution in [2.24, 2.45) is 0 Å². The molecule has 0 amide bonds. The van der Waals surface area contributed by atoms with Gasteiger partial charge >= 0.3 is 17.9 Å². The second-order valence-corrected chi connectivity index (χ2v) is 16.7. The molecule has 0 saturated carbocycles. The first kappa shape index (κ1) is 57.9. The Morgan fingerprint density at radius 1 is 0.328 bits per heavy atom. The Kier molecular flexibility index (Phi) is 46.9. The van der Waals surface area contributed by atoms with Gasteiger partial charge in [0.05, 0.1) is 0 Å². The molecule has 0 aliphatic rings. The van der Waals surface area contributed by atoms with Crippen LogP contribution in [0.3, 0.4) is 0 Å². The third-order valence-corrected chi connectivity index (χ3v) is 10.7. The van der Waals surface area contributed by atoms with Gasteiger partial charge in [0.15, 0.2) is 6.10 Å². The van der Waals surface area contributed by atoms with Gasteiger partial charge in [0, 0.05) is 19.3 Å². The number of rotatable bonds is 45. The summed E-state index contributed by atoms with van der Waals surface area (Å²) < 4.78 is 16.7. The third kappa shape index (κ3) is 47.7. The Morgan fingerprint density at radius 2 is 0.590 bits per heavy atom. The van der Waals surface area contributed by atoms with Crippen molar-refractivity contribution in [1.29, 1.82) is 0 Å². The van der Waals surface area contributed by atoms with Gasteiger partial charge in [-0.15, -0.1) is 0 Å². The van der Waals surface area contributed by atoms with Crippen molar-refractivity contribution < 1.29 is 28.6 Å². The lowest BCUT2D eigenvalue weighted by Gasteiger charge is -2.18. The zero-order valence-electron chi connectivity index (χ0n) is 39.9. The van der Waals surface area contributed by atoms with E-state index < -0.39 is 6.10 Å². The van der Waals surface area contributed by atoms with E-state index in [0.717, 1.165) is 96.3 Å². The van der Waals surface area contributed by atoms with Crippen LogP contribution in [0.2, 0.25) is 0 Å². The summed E-state index contributed by atoms with van der Waals surface area (Å²) in [5.41, 5.74) is 0. The molecule has 0 radical (unpaired) electrons. The highest BCUT2D eigenvalue weighted by molar-refractivity contribution is 5.71. The van der Waals surface area contributed by atoms with E-state index in [1.807, 2.05) is 0 Å². The van der Waals surface area contributed by atoms with Crippen molar-refractivity contribution in [3.05, 3.63) is 72.9 Å². The Balaban J connectivity index is 4.48. The quantitative estimate of drug-likeness (QED) is 0.0263. The SMILES string of the molecule is CCCCC/C=C\C/C=C\C/C=C\CCCCCCC(=O)O[C@H](COC(=O)CCCC/C=C\C/C=C\C/C=C\CCCCC)COC(=O)CCCCCCCCCCCCC. The second kappa shape index (κ2) is 49.5. The molecule has 0 unspecified atom stereocenters. The fraction of sp³-hybridized carbons (Fsp3) is 0.727. The summed E-state index contributed by atoms with van der Waals surface area (Å²) in [5.74, 6) is -0.958. The molecule has 0 aliphatic heterocycles. The number of hydrogen-bond acceptors (Lipinski definition) is 6. The highest BCUT2D eigenvalue weighted by Gasteiger charge is 2.19. The van der Waals surface area contributed by atoms with Crippen LogP contribution in [-0.4, -0.2) is 37.2 Å². The van der Waals surface area contributed by atoms with Gasteiger partial charge in [-0.1, -0.05) is 196 Å². The van der Waals surface area contributed by atoms with Gasteiger partial charge < -0.3 is 14.2 Å². The zero-order chi connectivity index (χ0) is 44.4. The van der Waals surface area contributed by atoms with Crippen LogP contribution < -0.4 is 0 Å². The fourth-order valence-electron chi connectivity index (χ4n) is 6.81. The summed E-state index contributed by atoms with van der Waals surface area (Å²) in [4.78, 5) is 37.9. The summed E-state index contributed by atoms with van der Waals surface area (Å²) in [5, 5.41) is 0. The minimum atomic E-state index is -0.800. The first-order valence-corrected chi connectivity index (χ1v) is 25.4. The van der Waals surface area contributed by atoms with Gasteiger partial charge in [-0.2, -0.15) is 0 Å². The number of carbonyl (C=O) groups excluding carboxylic acids is 3. The van der Waals surface area contributed by atoms with Crippen molar-refractivity contribution in [1.82, 2.24) is 0 Å². The highest BCUT2D eigenvalue weighted by Crippen LogP contribution is 2.14. The lowest BCUT2D eigenvalue weighted by molar-refractivity contribution is -0.167. The molecule has 61 heavy (non-hydrogen) atoms.